The van der Waals surface area contributed by atoms with Crippen molar-refractivity contribution in [1.29, 1.82) is 0 Å². The zero-order valence-electron chi connectivity index (χ0n) is 15.8. The third kappa shape index (κ3) is 3.20. The highest BCUT2D eigenvalue weighted by Gasteiger charge is 2.42. The Hall–Kier alpha value is -3.10. The Morgan fingerprint density at radius 1 is 1.31 bits per heavy atom. The molecule has 0 aromatic heterocycles. The highest BCUT2D eigenvalue weighted by atomic mass is 31.1. The Morgan fingerprint density at radius 2 is 1.97 bits per heavy atom. The quantitative estimate of drug-likeness (QED) is 0.195. The van der Waals surface area contributed by atoms with Crippen LogP contribution < -0.4 is 16.4 Å². The lowest BCUT2D eigenvalue weighted by atomic mass is 9.92. The van der Waals surface area contributed by atoms with Crippen LogP contribution in [0.2, 0.25) is 0 Å². The number of hydrogen-bond acceptors (Lipinski definition) is 9. The van der Waals surface area contributed by atoms with Crippen molar-refractivity contribution in [1.82, 2.24) is 4.90 Å². The van der Waals surface area contributed by atoms with Crippen LogP contribution in [-0.4, -0.2) is 63.9 Å². The van der Waals surface area contributed by atoms with E-state index in [9.17, 15) is 29.7 Å². The first-order valence-corrected chi connectivity index (χ1v) is 9.66. The van der Waals surface area contributed by atoms with E-state index in [1.807, 2.05) is 0 Å². The number of aromatic hydroxyl groups is 1. The Kier molecular flexibility index (Phi) is 5.25. The zero-order chi connectivity index (χ0) is 21.6. The van der Waals surface area contributed by atoms with Gasteiger partial charge in [-0.2, -0.15) is 0 Å². The van der Waals surface area contributed by atoms with Crippen LogP contribution in [0.15, 0.2) is 34.9 Å². The van der Waals surface area contributed by atoms with Crippen LogP contribution >= 0.6 is 8.58 Å². The van der Waals surface area contributed by atoms with Crippen LogP contribution in [0.3, 0.4) is 0 Å². The summed E-state index contributed by atoms with van der Waals surface area (Å²) >= 11 is 0. The maximum atomic E-state index is 13.2. The molecule has 3 rings (SSSR count). The van der Waals surface area contributed by atoms with E-state index in [1.54, 1.807) is 25.1 Å². The molecule has 2 unspecified atom stereocenters. The molecule has 0 saturated heterocycles. The number of hydrogen-bond donors (Lipinski definition) is 5. The number of rotatable bonds is 4. The van der Waals surface area contributed by atoms with Gasteiger partial charge in [-0.1, -0.05) is 0 Å². The maximum Gasteiger partial charge on any atom is 0.256 e. The van der Waals surface area contributed by atoms with Crippen LogP contribution in [0.1, 0.15) is 15.9 Å². The largest absolute Gasteiger partial charge is 0.510 e. The summed E-state index contributed by atoms with van der Waals surface area (Å²) in [6.45, 7) is -0.0418. The first kappa shape index (κ1) is 20.6. The van der Waals surface area contributed by atoms with Gasteiger partial charge in [0.05, 0.1) is 12.2 Å². The van der Waals surface area contributed by atoms with E-state index in [1.165, 1.54) is 11.0 Å². The number of aliphatic hydroxyl groups excluding tert-OH is 2. The predicted octanol–water partition coefficient (Wildman–Crippen LogP) is 0.0270. The molecule has 1 aromatic carbocycles. The van der Waals surface area contributed by atoms with Gasteiger partial charge < -0.3 is 36.6 Å². The van der Waals surface area contributed by atoms with E-state index in [0.29, 0.717) is 11.3 Å². The molecule has 0 aliphatic carbocycles. The third-order valence-electron chi connectivity index (χ3n) is 4.87. The summed E-state index contributed by atoms with van der Waals surface area (Å²) in [4.78, 5) is 39.8. The second-order valence-corrected chi connectivity index (χ2v) is 8.15. The number of phenols is 1. The lowest BCUT2D eigenvalue weighted by Crippen LogP contribution is -2.39. The van der Waals surface area contributed by atoms with Crippen LogP contribution in [0.25, 0.3) is 0 Å². The fourth-order valence-corrected chi connectivity index (χ4v) is 4.74. The summed E-state index contributed by atoms with van der Waals surface area (Å²) in [5.74, 6) is -3.34. The van der Waals surface area contributed by atoms with Gasteiger partial charge in [0.25, 0.3) is 5.91 Å². The SMILES string of the molecule is CN(C)c1ccc(O)c2c1CN(CN)/C(=C(/O)C1PC(=O)C(C(N)=O)=C1O)C2=O. The number of primary amides is 1. The number of fused-ring (bicyclic) bond motifs is 1. The molecule has 2 heterocycles. The Balaban J connectivity index is 2.19. The van der Waals surface area contributed by atoms with Gasteiger partial charge in [0.2, 0.25) is 5.78 Å². The van der Waals surface area contributed by atoms with Crippen LogP contribution in [-0.2, 0) is 16.1 Å². The highest BCUT2D eigenvalue weighted by molar-refractivity contribution is 7.61. The van der Waals surface area contributed by atoms with Gasteiger partial charge in [-0.15, -0.1) is 0 Å². The fourth-order valence-electron chi connectivity index (χ4n) is 3.53. The first-order chi connectivity index (χ1) is 13.6. The Labute approximate surface area is 167 Å². The van der Waals surface area contributed by atoms with E-state index < -0.39 is 48.5 Å². The summed E-state index contributed by atoms with van der Waals surface area (Å²) in [6.07, 6.45) is 0. The van der Waals surface area contributed by atoms with E-state index >= 15 is 0 Å². The molecule has 7 N–H and O–H groups in total. The smallest absolute Gasteiger partial charge is 0.256 e. The van der Waals surface area contributed by atoms with E-state index in [-0.39, 0.29) is 30.2 Å². The molecule has 154 valence electrons. The summed E-state index contributed by atoms with van der Waals surface area (Å²) in [6, 6.07) is 3.04. The standard InChI is InChI=1S/C18H21N4O6P/c1-21(2)8-3-4-9(23)10-7(8)5-22(6-19)12(13(10)24)15(26)16-14(25)11(17(20)27)18(28)29-16/h3-4,16,23,25-26,29H,5-6,19H2,1-2H3,(H2,20,27)/b15-12+. The Bertz CT molecular complexity index is 1000. The molecule has 0 fully saturated rings. The third-order valence-corrected chi connectivity index (χ3v) is 6.22. The molecule has 11 heteroatoms. The van der Waals surface area contributed by atoms with Crippen molar-refractivity contribution in [3.63, 3.8) is 0 Å². The molecular weight excluding hydrogens is 399 g/mol. The second kappa shape index (κ2) is 7.38. The number of aliphatic hydroxyl groups is 2. The molecule has 0 spiro atoms. The lowest BCUT2D eigenvalue weighted by molar-refractivity contribution is -0.117. The van der Waals surface area contributed by atoms with Crippen LogP contribution in [0.5, 0.6) is 5.75 Å². The number of nitrogens with two attached hydrogens (primary N) is 2. The van der Waals surface area contributed by atoms with Gasteiger partial charge in [0, 0.05) is 31.9 Å². The normalized spacial score (nSPS) is 21.6. The molecule has 10 nitrogen and oxygen atoms in total. The fraction of sp³-hybridized carbons (Fsp3) is 0.278. The van der Waals surface area contributed by atoms with Gasteiger partial charge in [-0.25, -0.2) is 0 Å². The molecule has 2 aliphatic heterocycles. The molecular formula is C18H21N4O6P. The van der Waals surface area contributed by atoms with Crippen molar-refractivity contribution in [2.24, 2.45) is 11.5 Å². The van der Waals surface area contributed by atoms with Crippen molar-refractivity contribution in [2.45, 2.75) is 12.2 Å². The topological polar surface area (TPSA) is 170 Å². The van der Waals surface area contributed by atoms with E-state index in [0.717, 1.165) is 0 Å². The average Bonchev–Trinajstić information content (AvgIpc) is 2.94. The van der Waals surface area contributed by atoms with Crippen molar-refractivity contribution in [3.8, 4) is 5.75 Å². The number of anilines is 1. The first-order valence-electron chi connectivity index (χ1n) is 8.58. The van der Waals surface area contributed by atoms with Gasteiger partial charge in [0.1, 0.15) is 34.2 Å². The number of ketones is 1. The molecule has 2 aliphatic rings. The van der Waals surface area contributed by atoms with Crippen LogP contribution in [0, 0.1) is 0 Å². The summed E-state index contributed by atoms with van der Waals surface area (Å²) < 4.78 is 0. The highest BCUT2D eigenvalue weighted by Crippen LogP contribution is 2.44. The number of Topliss-reactive ketones (excluding diaryl/α,β-unsaturated/α-hetero) is 1. The van der Waals surface area contributed by atoms with Crippen molar-refractivity contribution in [2.75, 3.05) is 25.7 Å². The van der Waals surface area contributed by atoms with Crippen molar-refractivity contribution in [3.05, 3.63) is 46.0 Å². The number of carbonyl (C=O) groups excluding carboxylic acids is 3. The lowest BCUT2D eigenvalue weighted by Gasteiger charge is -2.34. The van der Waals surface area contributed by atoms with Gasteiger partial charge in [-0.3, -0.25) is 14.4 Å². The summed E-state index contributed by atoms with van der Waals surface area (Å²) in [7, 11) is 2.86. The monoisotopic (exact) mass is 420 g/mol. The summed E-state index contributed by atoms with van der Waals surface area (Å²) in [5.41, 5.74) is 9.36. The van der Waals surface area contributed by atoms with Gasteiger partial charge in [-0.05, 0) is 20.7 Å². The van der Waals surface area contributed by atoms with Gasteiger partial charge >= 0.3 is 0 Å². The number of nitrogens with zero attached hydrogens (tertiary/aromatic N) is 2. The summed E-state index contributed by atoms with van der Waals surface area (Å²) in [5, 5.41) is 31.4. The van der Waals surface area contributed by atoms with Crippen molar-refractivity contribution < 1.29 is 29.7 Å². The molecule has 1 aromatic rings. The van der Waals surface area contributed by atoms with Crippen LogP contribution in [0.4, 0.5) is 5.69 Å². The number of allylic oxidation sites excluding steroid dienone is 1. The second-order valence-electron chi connectivity index (χ2n) is 6.83. The molecule has 0 radical (unpaired) electrons. The number of benzene rings is 1. The predicted molar refractivity (Wildman–Crippen MR) is 107 cm³/mol. The average molecular weight is 420 g/mol. The number of phenolic OH excluding ortho intramolecular Hbond substituents is 1. The molecule has 0 bridgehead atoms. The minimum Gasteiger partial charge on any atom is -0.510 e. The molecule has 0 saturated carbocycles. The van der Waals surface area contributed by atoms with Gasteiger partial charge in [0.15, 0.2) is 5.52 Å². The minimum atomic E-state index is -1.27. The zero-order valence-corrected chi connectivity index (χ0v) is 16.8. The molecule has 1 amide bonds. The number of carbonyl (C=O) groups is 3. The maximum absolute atomic E-state index is 13.2. The number of amides is 1. The molecule has 29 heavy (non-hydrogen) atoms. The minimum absolute atomic E-state index is 0.00806. The van der Waals surface area contributed by atoms with Crippen molar-refractivity contribution >= 4 is 31.5 Å². The van der Waals surface area contributed by atoms with E-state index in [4.69, 9.17) is 11.5 Å². The molecule has 2 atom stereocenters. The Morgan fingerprint density at radius 3 is 2.48 bits per heavy atom. The van der Waals surface area contributed by atoms with E-state index in [2.05, 4.69) is 0 Å².